The van der Waals surface area contributed by atoms with Crippen molar-refractivity contribution in [1.82, 2.24) is 4.90 Å². The van der Waals surface area contributed by atoms with Crippen LogP contribution in [0.25, 0.3) is 0 Å². The van der Waals surface area contributed by atoms with Gasteiger partial charge in [-0.15, -0.1) is 0 Å². The second kappa shape index (κ2) is 5.47. The molecule has 0 heterocycles. The summed E-state index contributed by atoms with van der Waals surface area (Å²) in [6, 6.07) is 6.39. The molecule has 0 aliphatic carbocycles. The van der Waals surface area contributed by atoms with Crippen LogP contribution in [0.4, 0.5) is 4.39 Å². The second-order valence-corrected chi connectivity index (χ2v) is 3.83. The van der Waals surface area contributed by atoms with E-state index in [1.807, 2.05) is 19.0 Å². The average molecular weight is 222 g/mol. The van der Waals surface area contributed by atoms with Gasteiger partial charge in [0.2, 0.25) is 0 Å². The Balaban J connectivity index is 3.08. The fraction of sp³-hybridized carbons (Fsp3) is 0.417. The topological polar surface area (TPSA) is 36.3 Å². The monoisotopic (exact) mass is 222 g/mol. The van der Waals surface area contributed by atoms with E-state index in [9.17, 15) is 4.39 Å². The smallest absolute Gasteiger partial charge is 0.123 e. The highest BCUT2D eigenvalue weighted by Crippen LogP contribution is 2.27. The molecule has 0 aliphatic rings. The molecule has 16 heavy (non-hydrogen) atoms. The van der Waals surface area contributed by atoms with Gasteiger partial charge in [-0.1, -0.05) is 0 Å². The molecule has 0 spiro atoms. The fourth-order valence-electron chi connectivity index (χ4n) is 1.55. The highest BCUT2D eigenvalue weighted by Gasteiger charge is 2.17. The van der Waals surface area contributed by atoms with Gasteiger partial charge in [0.1, 0.15) is 11.6 Å². The summed E-state index contributed by atoms with van der Waals surface area (Å²) in [7, 11) is 5.26. The van der Waals surface area contributed by atoms with Gasteiger partial charge in [0.25, 0.3) is 0 Å². The summed E-state index contributed by atoms with van der Waals surface area (Å²) in [6.45, 7) is 0.538. The highest BCUT2D eigenvalue weighted by atomic mass is 19.1. The minimum absolute atomic E-state index is 0.352. The first-order chi connectivity index (χ1) is 7.58. The second-order valence-electron chi connectivity index (χ2n) is 3.83. The normalized spacial score (nSPS) is 12.2. The van der Waals surface area contributed by atoms with E-state index in [2.05, 4.69) is 6.07 Å². The molecule has 1 aromatic rings. The quantitative estimate of drug-likeness (QED) is 0.781. The van der Waals surface area contributed by atoms with Crippen LogP contribution in [-0.4, -0.2) is 32.6 Å². The Morgan fingerprint density at radius 1 is 1.50 bits per heavy atom. The lowest BCUT2D eigenvalue weighted by molar-refractivity contribution is 0.379. The Labute approximate surface area is 95.1 Å². The molecule has 0 saturated carbocycles. The lowest BCUT2D eigenvalue weighted by Crippen LogP contribution is -2.19. The van der Waals surface area contributed by atoms with Crippen LogP contribution in [0.5, 0.6) is 5.75 Å². The van der Waals surface area contributed by atoms with Crippen molar-refractivity contribution in [3.8, 4) is 11.8 Å². The summed E-state index contributed by atoms with van der Waals surface area (Å²) in [4.78, 5) is 1.89. The van der Waals surface area contributed by atoms with Crippen molar-refractivity contribution < 1.29 is 9.13 Å². The van der Waals surface area contributed by atoms with Gasteiger partial charge in [-0.2, -0.15) is 5.26 Å². The first kappa shape index (κ1) is 12.5. The molecule has 1 unspecified atom stereocenters. The number of methoxy groups -OCH3 is 1. The Bertz CT molecular complexity index is 398. The molecule has 0 N–H and O–H groups in total. The highest BCUT2D eigenvalue weighted by molar-refractivity contribution is 5.39. The maximum Gasteiger partial charge on any atom is 0.123 e. The van der Waals surface area contributed by atoms with E-state index in [0.29, 0.717) is 17.9 Å². The van der Waals surface area contributed by atoms with Gasteiger partial charge < -0.3 is 9.64 Å². The molecule has 4 heteroatoms. The zero-order valence-corrected chi connectivity index (χ0v) is 9.70. The van der Waals surface area contributed by atoms with Crippen LogP contribution in [0.15, 0.2) is 18.2 Å². The number of benzene rings is 1. The van der Waals surface area contributed by atoms with E-state index in [-0.39, 0.29) is 11.7 Å². The number of rotatable bonds is 4. The molecule has 0 aliphatic heterocycles. The number of ether oxygens (including phenoxy) is 1. The van der Waals surface area contributed by atoms with Crippen molar-refractivity contribution in [3.05, 3.63) is 29.6 Å². The summed E-state index contributed by atoms with van der Waals surface area (Å²) < 4.78 is 18.3. The number of halogens is 1. The average Bonchev–Trinajstić information content (AvgIpc) is 2.25. The van der Waals surface area contributed by atoms with Gasteiger partial charge in [0, 0.05) is 12.1 Å². The van der Waals surface area contributed by atoms with Crippen LogP contribution in [0, 0.1) is 17.1 Å². The SMILES string of the molecule is COc1ccc(F)cc1C(C#N)CN(C)C. The van der Waals surface area contributed by atoms with Crippen molar-refractivity contribution in [2.24, 2.45) is 0 Å². The molecule has 86 valence electrons. The number of hydrogen-bond acceptors (Lipinski definition) is 3. The maximum absolute atomic E-state index is 13.1. The van der Waals surface area contributed by atoms with Gasteiger partial charge in [-0.3, -0.25) is 0 Å². The van der Waals surface area contributed by atoms with Gasteiger partial charge in [0.05, 0.1) is 19.1 Å². The summed E-state index contributed by atoms with van der Waals surface area (Å²) in [6.07, 6.45) is 0. The van der Waals surface area contributed by atoms with Crippen molar-refractivity contribution in [1.29, 1.82) is 5.26 Å². The molecule has 3 nitrogen and oxygen atoms in total. The van der Waals surface area contributed by atoms with E-state index < -0.39 is 0 Å². The predicted molar refractivity (Wildman–Crippen MR) is 59.9 cm³/mol. The zero-order valence-electron chi connectivity index (χ0n) is 9.70. The van der Waals surface area contributed by atoms with Crippen molar-refractivity contribution in [2.75, 3.05) is 27.7 Å². The Morgan fingerprint density at radius 2 is 2.19 bits per heavy atom. The summed E-state index contributed by atoms with van der Waals surface area (Å²) >= 11 is 0. The molecule has 0 radical (unpaired) electrons. The molecule has 0 amide bonds. The van der Waals surface area contributed by atoms with Crippen LogP contribution >= 0.6 is 0 Å². The predicted octanol–water partition coefficient (Wildman–Crippen LogP) is 2.00. The molecule has 0 aromatic heterocycles. The Kier molecular flexibility index (Phi) is 4.27. The summed E-state index contributed by atoms with van der Waals surface area (Å²) in [5.41, 5.74) is 0.596. The third-order valence-corrected chi connectivity index (χ3v) is 2.27. The lowest BCUT2D eigenvalue weighted by Gasteiger charge is -2.17. The van der Waals surface area contributed by atoms with Crippen molar-refractivity contribution >= 4 is 0 Å². The van der Waals surface area contributed by atoms with E-state index in [1.165, 1.54) is 19.2 Å². The van der Waals surface area contributed by atoms with Crippen molar-refractivity contribution in [2.45, 2.75) is 5.92 Å². The zero-order chi connectivity index (χ0) is 12.1. The number of nitrogens with zero attached hydrogens (tertiary/aromatic N) is 2. The van der Waals surface area contributed by atoms with Crippen LogP contribution < -0.4 is 4.74 Å². The third kappa shape index (κ3) is 2.94. The Hall–Kier alpha value is -1.60. The van der Waals surface area contributed by atoms with Gasteiger partial charge in [0.15, 0.2) is 0 Å². The maximum atomic E-state index is 13.1. The van der Waals surface area contributed by atoms with Gasteiger partial charge in [-0.05, 0) is 32.3 Å². The Morgan fingerprint density at radius 3 is 2.69 bits per heavy atom. The van der Waals surface area contributed by atoms with Crippen LogP contribution in [0.1, 0.15) is 11.5 Å². The molecular formula is C12H15FN2O. The van der Waals surface area contributed by atoms with Crippen LogP contribution in [0.3, 0.4) is 0 Å². The minimum atomic E-state index is -0.388. The molecular weight excluding hydrogens is 207 g/mol. The minimum Gasteiger partial charge on any atom is -0.496 e. The van der Waals surface area contributed by atoms with Crippen LogP contribution in [-0.2, 0) is 0 Å². The summed E-state index contributed by atoms with van der Waals surface area (Å²) in [5.74, 6) is -0.190. The number of nitriles is 1. The standard InChI is InChI=1S/C12H15FN2O/c1-15(2)8-9(7-14)11-6-10(13)4-5-12(11)16-3/h4-6,9H,8H2,1-3H3. The van der Waals surface area contributed by atoms with Crippen molar-refractivity contribution in [3.63, 3.8) is 0 Å². The van der Waals surface area contributed by atoms with Gasteiger partial charge in [-0.25, -0.2) is 4.39 Å². The molecule has 1 aromatic carbocycles. The lowest BCUT2D eigenvalue weighted by atomic mass is 9.99. The molecule has 0 saturated heterocycles. The number of hydrogen-bond donors (Lipinski definition) is 0. The van der Waals surface area contributed by atoms with Crippen LogP contribution in [0.2, 0.25) is 0 Å². The molecule has 0 bridgehead atoms. The van der Waals surface area contributed by atoms with E-state index in [0.717, 1.165) is 0 Å². The van der Waals surface area contributed by atoms with E-state index >= 15 is 0 Å². The number of likely N-dealkylation sites (N-methyl/N-ethyl adjacent to an activating group) is 1. The largest absolute Gasteiger partial charge is 0.496 e. The molecule has 0 fully saturated rings. The third-order valence-electron chi connectivity index (χ3n) is 2.27. The van der Waals surface area contributed by atoms with E-state index in [1.54, 1.807) is 6.07 Å². The summed E-state index contributed by atoms with van der Waals surface area (Å²) in [5, 5.41) is 9.08. The first-order valence-electron chi connectivity index (χ1n) is 4.96. The molecule has 1 atom stereocenters. The first-order valence-corrected chi connectivity index (χ1v) is 4.96. The fourth-order valence-corrected chi connectivity index (χ4v) is 1.55. The molecule has 1 rings (SSSR count). The van der Waals surface area contributed by atoms with E-state index in [4.69, 9.17) is 10.00 Å². The van der Waals surface area contributed by atoms with Gasteiger partial charge >= 0.3 is 0 Å².